The highest BCUT2D eigenvalue weighted by Gasteiger charge is 2.15. The number of rotatable bonds is 1. The SMILES string of the molecule is N=C1CCN(c2ccncc2Cl)CC1. The second-order valence-electron chi connectivity index (χ2n) is 3.42. The van der Waals surface area contributed by atoms with Crippen LogP contribution in [0.2, 0.25) is 5.02 Å². The zero-order valence-electron chi connectivity index (χ0n) is 7.83. The first kappa shape index (κ1) is 9.46. The highest BCUT2D eigenvalue weighted by atomic mass is 35.5. The Morgan fingerprint density at radius 2 is 2.07 bits per heavy atom. The van der Waals surface area contributed by atoms with Crippen molar-refractivity contribution in [3.05, 3.63) is 23.5 Å². The summed E-state index contributed by atoms with van der Waals surface area (Å²) in [5, 5.41) is 8.22. The normalized spacial score (nSPS) is 17.2. The van der Waals surface area contributed by atoms with Gasteiger partial charge in [0.05, 0.1) is 10.7 Å². The number of nitrogens with one attached hydrogen (secondary N) is 1. The summed E-state index contributed by atoms with van der Waals surface area (Å²) in [7, 11) is 0. The van der Waals surface area contributed by atoms with Gasteiger partial charge in [-0.1, -0.05) is 11.6 Å². The van der Waals surface area contributed by atoms with Crippen LogP contribution in [0.3, 0.4) is 0 Å². The van der Waals surface area contributed by atoms with Crippen molar-refractivity contribution in [3.8, 4) is 0 Å². The maximum atomic E-state index is 7.52. The minimum Gasteiger partial charge on any atom is -0.369 e. The molecule has 1 aliphatic heterocycles. The van der Waals surface area contributed by atoms with E-state index in [-0.39, 0.29) is 0 Å². The summed E-state index contributed by atoms with van der Waals surface area (Å²) >= 11 is 6.04. The maximum Gasteiger partial charge on any atom is 0.0822 e. The molecular weight excluding hydrogens is 198 g/mol. The minimum absolute atomic E-state index is 0.695. The number of aromatic nitrogens is 1. The van der Waals surface area contributed by atoms with Crippen LogP contribution in [0.5, 0.6) is 0 Å². The molecule has 0 unspecified atom stereocenters. The Morgan fingerprint density at radius 1 is 1.36 bits per heavy atom. The Balaban J connectivity index is 2.16. The van der Waals surface area contributed by atoms with Crippen LogP contribution in [0.15, 0.2) is 18.5 Å². The molecule has 1 N–H and O–H groups in total. The molecule has 0 radical (unpaired) electrons. The molecule has 0 aromatic carbocycles. The van der Waals surface area contributed by atoms with Gasteiger partial charge in [-0.15, -0.1) is 0 Å². The fraction of sp³-hybridized carbons (Fsp3) is 0.400. The number of hydrogen-bond acceptors (Lipinski definition) is 3. The molecule has 1 aromatic heterocycles. The van der Waals surface area contributed by atoms with Gasteiger partial charge < -0.3 is 10.3 Å². The van der Waals surface area contributed by atoms with Gasteiger partial charge in [0.1, 0.15) is 0 Å². The molecule has 0 amide bonds. The van der Waals surface area contributed by atoms with Gasteiger partial charge in [0, 0.05) is 44.0 Å². The van der Waals surface area contributed by atoms with Crippen molar-refractivity contribution in [2.24, 2.45) is 0 Å². The molecule has 14 heavy (non-hydrogen) atoms. The van der Waals surface area contributed by atoms with Crippen molar-refractivity contribution in [3.63, 3.8) is 0 Å². The van der Waals surface area contributed by atoms with Crippen LogP contribution in [0.1, 0.15) is 12.8 Å². The fourth-order valence-electron chi connectivity index (χ4n) is 1.64. The molecule has 1 aromatic rings. The van der Waals surface area contributed by atoms with Gasteiger partial charge in [0.25, 0.3) is 0 Å². The number of halogens is 1. The lowest BCUT2D eigenvalue weighted by Gasteiger charge is -2.29. The average molecular weight is 210 g/mol. The smallest absolute Gasteiger partial charge is 0.0822 e. The molecule has 4 heteroatoms. The summed E-state index contributed by atoms with van der Waals surface area (Å²) < 4.78 is 0. The van der Waals surface area contributed by atoms with Gasteiger partial charge in [-0.05, 0) is 6.07 Å². The van der Waals surface area contributed by atoms with Gasteiger partial charge in [-0.25, -0.2) is 0 Å². The average Bonchev–Trinajstić information content (AvgIpc) is 2.20. The Kier molecular flexibility index (Phi) is 2.68. The summed E-state index contributed by atoms with van der Waals surface area (Å²) in [6.45, 7) is 1.78. The highest BCUT2D eigenvalue weighted by molar-refractivity contribution is 6.33. The van der Waals surface area contributed by atoms with Crippen molar-refractivity contribution in [1.29, 1.82) is 5.41 Å². The van der Waals surface area contributed by atoms with E-state index >= 15 is 0 Å². The Morgan fingerprint density at radius 3 is 2.71 bits per heavy atom. The van der Waals surface area contributed by atoms with Crippen LogP contribution >= 0.6 is 11.6 Å². The molecule has 2 rings (SSSR count). The van der Waals surface area contributed by atoms with Gasteiger partial charge in [0.2, 0.25) is 0 Å². The topological polar surface area (TPSA) is 40.0 Å². The Labute approximate surface area is 88.2 Å². The molecule has 0 atom stereocenters. The summed E-state index contributed by atoms with van der Waals surface area (Å²) in [4.78, 5) is 6.16. The van der Waals surface area contributed by atoms with Crippen molar-refractivity contribution in [2.75, 3.05) is 18.0 Å². The summed E-state index contributed by atoms with van der Waals surface area (Å²) in [6.07, 6.45) is 5.11. The fourth-order valence-corrected chi connectivity index (χ4v) is 1.88. The summed E-state index contributed by atoms with van der Waals surface area (Å²) in [6, 6.07) is 1.93. The Hall–Kier alpha value is -1.09. The van der Waals surface area contributed by atoms with Crippen LogP contribution in [0.4, 0.5) is 5.69 Å². The summed E-state index contributed by atoms with van der Waals surface area (Å²) in [5.41, 5.74) is 1.88. The molecule has 0 bridgehead atoms. The first-order valence-corrected chi connectivity index (χ1v) is 5.06. The lowest BCUT2D eigenvalue weighted by atomic mass is 10.1. The molecule has 74 valence electrons. The molecule has 1 saturated heterocycles. The first-order valence-electron chi connectivity index (χ1n) is 4.68. The molecular formula is C10H12ClN3. The van der Waals surface area contributed by atoms with E-state index in [1.54, 1.807) is 12.4 Å². The largest absolute Gasteiger partial charge is 0.369 e. The van der Waals surface area contributed by atoms with Crippen LogP contribution in [0, 0.1) is 5.41 Å². The second kappa shape index (κ2) is 3.96. The molecule has 1 aliphatic rings. The van der Waals surface area contributed by atoms with E-state index in [9.17, 15) is 0 Å². The zero-order valence-corrected chi connectivity index (χ0v) is 8.59. The van der Waals surface area contributed by atoms with E-state index in [0.717, 1.165) is 37.3 Å². The van der Waals surface area contributed by atoms with E-state index in [1.165, 1.54) is 0 Å². The van der Waals surface area contributed by atoms with E-state index in [1.807, 2.05) is 6.07 Å². The van der Waals surface area contributed by atoms with Gasteiger partial charge in [-0.2, -0.15) is 0 Å². The standard InChI is InChI=1S/C10H12ClN3/c11-9-7-13-4-1-10(9)14-5-2-8(12)3-6-14/h1,4,7,12H,2-3,5-6H2. The van der Waals surface area contributed by atoms with Crippen LogP contribution in [-0.4, -0.2) is 23.8 Å². The quantitative estimate of drug-likeness (QED) is 0.772. The number of pyridine rings is 1. The number of hydrogen-bond donors (Lipinski definition) is 1. The van der Waals surface area contributed by atoms with Crippen LogP contribution < -0.4 is 4.90 Å². The van der Waals surface area contributed by atoms with Crippen LogP contribution in [-0.2, 0) is 0 Å². The maximum absolute atomic E-state index is 7.52. The van der Waals surface area contributed by atoms with Crippen molar-refractivity contribution < 1.29 is 0 Å². The lowest BCUT2D eigenvalue weighted by molar-refractivity contribution is 0.754. The highest BCUT2D eigenvalue weighted by Crippen LogP contribution is 2.25. The molecule has 0 spiro atoms. The second-order valence-corrected chi connectivity index (χ2v) is 3.82. The van der Waals surface area contributed by atoms with Gasteiger partial charge in [-0.3, -0.25) is 4.98 Å². The third kappa shape index (κ3) is 1.87. The summed E-state index contributed by atoms with van der Waals surface area (Å²) in [5.74, 6) is 0. The number of anilines is 1. The third-order valence-electron chi connectivity index (χ3n) is 2.46. The van der Waals surface area contributed by atoms with Crippen molar-refractivity contribution in [1.82, 2.24) is 4.98 Å². The first-order chi connectivity index (χ1) is 6.77. The van der Waals surface area contributed by atoms with E-state index in [4.69, 9.17) is 17.0 Å². The third-order valence-corrected chi connectivity index (χ3v) is 2.75. The molecule has 2 heterocycles. The van der Waals surface area contributed by atoms with E-state index in [2.05, 4.69) is 9.88 Å². The van der Waals surface area contributed by atoms with Gasteiger partial charge >= 0.3 is 0 Å². The predicted octanol–water partition coefficient (Wildman–Crippen LogP) is 2.35. The van der Waals surface area contributed by atoms with Crippen molar-refractivity contribution >= 4 is 23.0 Å². The van der Waals surface area contributed by atoms with E-state index in [0.29, 0.717) is 5.02 Å². The van der Waals surface area contributed by atoms with Crippen molar-refractivity contribution in [2.45, 2.75) is 12.8 Å². The lowest BCUT2D eigenvalue weighted by Crippen LogP contribution is -2.33. The van der Waals surface area contributed by atoms with Crippen LogP contribution in [0.25, 0.3) is 0 Å². The Bertz CT molecular complexity index is 341. The minimum atomic E-state index is 0.695. The molecule has 3 nitrogen and oxygen atoms in total. The monoisotopic (exact) mass is 209 g/mol. The predicted molar refractivity (Wildman–Crippen MR) is 58.4 cm³/mol. The molecule has 1 fully saturated rings. The number of piperidine rings is 1. The van der Waals surface area contributed by atoms with E-state index < -0.39 is 0 Å². The molecule has 0 saturated carbocycles. The molecule has 0 aliphatic carbocycles. The van der Waals surface area contributed by atoms with Gasteiger partial charge in [0.15, 0.2) is 0 Å². The zero-order chi connectivity index (χ0) is 9.97. The number of nitrogens with zero attached hydrogens (tertiary/aromatic N) is 2.